The van der Waals surface area contributed by atoms with Crippen molar-refractivity contribution in [1.29, 1.82) is 0 Å². The molecule has 0 aliphatic heterocycles. The molecule has 5 aromatic rings. The number of halogens is 3. The predicted molar refractivity (Wildman–Crippen MR) is 158 cm³/mol. The van der Waals surface area contributed by atoms with E-state index in [1.54, 1.807) is 12.1 Å². The molecule has 0 bridgehead atoms. The van der Waals surface area contributed by atoms with Gasteiger partial charge in [-0.05, 0) is 92.2 Å². The summed E-state index contributed by atoms with van der Waals surface area (Å²) in [7, 11) is 0. The van der Waals surface area contributed by atoms with Crippen molar-refractivity contribution in [3.8, 4) is 0 Å². The highest BCUT2D eigenvalue weighted by molar-refractivity contribution is 14.2. The summed E-state index contributed by atoms with van der Waals surface area (Å²) in [6.45, 7) is 2.07. The molecule has 2 heterocycles. The molecular weight excluding hydrogens is 625 g/mol. The van der Waals surface area contributed by atoms with E-state index in [4.69, 9.17) is 11.6 Å². The first-order chi connectivity index (χ1) is 18.0. The average molecular weight is 645 g/mol. The zero-order valence-electron chi connectivity index (χ0n) is 19.5. The van der Waals surface area contributed by atoms with Crippen molar-refractivity contribution in [1.82, 2.24) is 19.7 Å². The van der Waals surface area contributed by atoms with Gasteiger partial charge in [-0.15, -0.1) is 0 Å². The van der Waals surface area contributed by atoms with Gasteiger partial charge < -0.3 is 0 Å². The van der Waals surface area contributed by atoms with E-state index < -0.39 is 5.76 Å². The minimum absolute atomic E-state index is 0.342. The third-order valence-electron chi connectivity index (χ3n) is 5.94. The smallest absolute Gasteiger partial charge is 0.296 e. The summed E-state index contributed by atoms with van der Waals surface area (Å²) in [5.41, 5.74) is 6.82. The van der Waals surface area contributed by atoms with Crippen LogP contribution < -0.4 is 5.76 Å². The van der Waals surface area contributed by atoms with Crippen LogP contribution in [-0.4, -0.2) is 19.7 Å². The van der Waals surface area contributed by atoms with Crippen molar-refractivity contribution in [3.63, 3.8) is 0 Å². The number of aromatic nitrogens is 4. The largest absolute Gasteiger partial charge is 0.439 e. The van der Waals surface area contributed by atoms with Crippen molar-refractivity contribution in [2.24, 2.45) is 0 Å². The Bertz CT molecular complexity index is 1710. The molecule has 1 atom stereocenters. The van der Waals surface area contributed by atoms with E-state index >= 15 is 0 Å². The molecule has 1 N–H and O–H groups in total. The molecule has 0 amide bonds. The van der Waals surface area contributed by atoms with E-state index in [0.29, 0.717) is 23.6 Å². The zero-order valence-corrected chi connectivity index (χ0v) is 23.4. The summed E-state index contributed by atoms with van der Waals surface area (Å²) in [6.07, 6.45) is 6.58. The average Bonchev–Trinajstić information content (AvgIpc) is 3.52. The zero-order chi connectivity index (χ0) is 25.9. The summed E-state index contributed by atoms with van der Waals surface area (Å²) in [6, 6.07) is 18.9. The number of benzene rings is 3. The van der Waals surface area contributed by atoms with Crippen molar-refractivity contribution in [2.45, 2.75) is 13.3 Å². The maximum Gasteiger partial charge on any atom is 0.439 e. The lowest BCUT2D eigenvalue weighted by molar-refractivity contribution is 0.385. The lowest BCUT2D eigenvalue weighted by Crippen LogP contribution is -1.97. The van der Waals surface area contributed by atoms with Crippen molar-refractivity contribution >= 4 is 74.2 Å². The van der Waals surface area contributed by atoms with E-state index in [9.17, 15) is 9.18 Å². The Balaban J connectivity index is 1.64. The maximum absolute atomic E-state index is 13.9. The van der Waals surface area contributed by atoms with Gasteiger partial charge in [0.1, 0.15) is 5.82 Å². The van der Waals surface area contributed by atoms with Gasteiger partial charge in [0.25, 0.3) is 0 Å². The number of rotatable bonds is 7. The molecule has 0 spiro atoms. The highest BCUT2D eigenvalue weighted by Gasteiger charge is 2.17. The number of nitrogens with one attached hydrogen (secondary N) is 1. The second-order valence-corrected chi connectivity index (χ2v) is 10.6. The number of fused-ring (bicyclic) bond motifs is 1. The van der Waals surface area contributed by atoms with E-state index in [1.807, 2.05) is 41.0 Å². The Hall–Kier alpha value is -3.07. The molecule has 0 aliphatic carbocycles. The van der Waals surface area contributed by atoms with Crippen LogP contribution in [-0.2, 0) is 0 Å². The topological polar surface area (TPSA) is 76.7 Å². The van der Waals surface area contributed by atoms with Crippen LogP contribution in [0.4, 0.5) is 4.39 Å². The lowest BCUT2D eigenvalue weighted by atomic mass is 9.87. The van der Waals surface area contributed by atoms with Gasteiger partial charge in [-0.1, -0.05) is 66.2 Å². The van der Waals surface area contributed by atoms with Gasteiger partial charge in [0.15, 0.2) is 5.82 Å². The normalized spacial score (nSPS) is 12.8. The molecule has 3 aromatic carbocycles. The van der Waals surface area contributed by atoms with Crippen LogP contribution >= 0.6 is 40.0 Å². The van der Waals surface area contributed by atoms with Gasteiger partial charge in [-0.3, -0.25) is 9.51 Å². The van der Waals surface area contributed by atoms with Crippen LogP contribution in [0.2, 0.25) is 5.02 Å². The van der Waals surface area contributed by atoms with Crippen LogP contribution in [0.25, 0.3) is 34.2 Å². The Labute approximate surface area is 231 Å². The summed E-state index contributed by atoms with van der Waals surface area (Å²) < 4.78 is 20.4. The van der Waals surface area contributed by atoms with Crippen molar-refractivity contribution in [2.75, 3.05) is 0 Å². The second-order valence-electron chi connectivity index (χ2n) is 8.18. The monoisotopic (exact) mass is 644 g/mol. The molecule has 5 rings (SSSR count). The van der Waals surface area contributed by atoms with E-state index in [1.165, 1.54) is 12.1 Å². The quantitative estimate of drug-likeness (QED) is 0.111. The predicted octanol–water partition coefficient (Wildman–Crippen LogP) is 7.84. The van der Waals surface area contributed by atoms with Crippen molar-refractivity contribution < 1.29 is 8.91 Å². The van der Waals surface area contributed by atoms with Crippen LogP contribution in [0.15, 0.2) is 76.2 Å². The minimum atomic E-state index is -0.599. The first-order valence-corrected chi connectivity index (χ1v) is 15.8. The fourth-order valence-electron chi connectivity index (χ4n) is 4.26. The Kier molecular flexibility index (Phi) is 7.69. The third kappa shape index (κ3) is 5.46. The van der Waals surface area contributed by atoms with Crippen LogP contribution in [0.5, 0.6) is 0 Å². The Morgan fingerprint density at radius 1 is 1.14 bits per heavy atom. The van der Waals surface area contributed by atoms with E-state index in [-0.39, 0.29) is 5.82 Å². The number of aromatic amines is 1. The maximum atomic E-state index is 13.9. The first-order valence-electron chi connectivity index (χ1n) is 11.3. The summed E-state index contributed by atoms with van der Waals surface area (Å²) in [5.74, 6) is -0.628. The van der Waals surface area contributed by atoms with E-state index in [2.05, 4.69) is 66.9 Å². The molecule has 0 saturated carbocycles. The first kappa shape index (κ1) is 25.6. The second kappa shape index (κ2) is 11.1. The molecule has 37 heavy (non-hydrogen) atoms. The van der Waals surface area contributed by atoms with Crippen molar-refractivity contribution in [3.05, 3.63) is 116 Å². The number of hydrogen-bond donors (Lipinski definition) is 1. The molecule has 6 nitrogen and oxygen atoms in total. The van der Waals surface area contributed by atoms with Gasteiger partial charge in [-0.2, -0.15) is 5.10 Å². The summed E-state index contributed by atoms with van der Waals surface area (Å²) >= 11 is 8.85. The van der Waals surface area contributed by atoms with Gasteiger partial charge in [-0.25, -0.2) is 13.6 Å². The fraction of sp³-hybridized carbons (Fsp3) is 0.0741. The number of H-pyrrole nitrogens is 1. The standard InChI is InChI=1S/C27H20ClFIN4O2P/c1-2-21(22-10-9-20(29)14-23(22)28)26(18-8-11-24-19(13-18)15-31-34(24)37-30)17-6-3-16(4-7-17)5-12-25-32-27(35)36-33-25/h3-15,37H,2H2,1H3,(H,32,33,35)/b12-5+,26-21+. The molecule has 2 aromatic heterocycles. The van der Waals surface area contributed by atoms with Gasteiger partial charge in [0.2, 0.25) is 0 Å². The van der Waals surface area contributed by atoms with Gasteiger partial charge in [0.05, 0.1) is 23.1 Å². The number of nitrogens with zero attached hydrogens (tertiary/aromatic N) is 3. The van der Waals surface area contributed by atoms with Crippen LogP contribution in [0, 0.1) is 5.82 Å². The summed E-state index contributed by atoms with van der Waals surface area (Å²) in [5, 5.41) is 9.56. The highest BCUT2D eigenvalue weighted by Crippen LogP contribution is 2.39. The number of allylic oxidation sites excluding steroid dienone is 1. The fourth-order valence-corrected chi connectivity index (χ4v) is 6.09. The molecular formula is C27H20ClFIN4O2P. The minimum Gasteiger partial charge on any atom is -0.296 e. The van der Waals surface area contributed by atoms with Crippen LogP contribution in [0.1, 0.15) is 41.4 Å². The SMILES string of the molecule is CC/C(=C(/c1ccc(/C=C/c2noc(=O)[nH]2)cc1)c1ccc2c(cnn2PI)c1)c1ccc(F)cc1Cl. The molecule has 0 aliphatic rings. The third-order valence-corrected chi connectivity index (χ3v) is 8.14. The molecule has 1 unspecified atom stereocenters. The Morgan fingerprint density at radius 2 is 1.92 bits per heavy atom. The molecule has 10 heteroatoms. The van der Waals surface area contributed by atoms with Crippen LogP contribution in [0.3, 0.4) is 0 Å². The van der Waals surface area contributed by atoms with Gasteiger partial charge >= 0.3 is 5.76 Å². The highest BCUT2D eigenvalue weighted by atomic mass is 127. The molecule has 0 saturated heterocycles. The molecule has 0 radical (unpaired) electrons. The Morgan fingerprint density at radius 3 is 2.59 bits per heavy atom. The summed E-state index contributed by atoms with van der Waals surface area (Å²) in [4.78, 5) is 13.6. The molecule has 0 fully saturated rings. The molecule has 186 valence electrons. The van der Waals surface area contributed by atoms with Gasteiger partial charge in [0, 0.05) is 5.39 Å². The number of hydrogen-bond acceptors (Lipinski definition) is 4. The lowest BCUT2D eigenvalue weighted by Gasteiger charge is -2.18. The van der Waals surface area contributed by atoms with E-state index in [0.717, 1.165) is 44.3 Å².